The molecule has 4 aromatic rings. The molecule has 3 heterocycles. The number of fused-ring (bicyclic) bond motifs is 1. The number of H-pyrrole nitrogens is 1. The number of carbonyl (C=O) groups is 1. The molecule has 0 radical (unpaired) electrons. The maximum Gasteiger partial charge on any atom is 0.213 e. The van der Waals surface area contributed by atoms with E-state index in [2.05, 4.69) is 51.6 Å². The third-order valence-electron chi connectivity index (χ3n) is 5.86. The molecule has 1 aromatic carbocycles. The fourth-order valence-electron chi connectivity index (χ4n) is 4.14. The number of carbonyl (C=O) groups excluding carboxylic acids is 1. The van der Waals surface area contributed by atoms with E-state index in [9.17, 15) is 4.79 Å². The van der Waals surface area contributed by atoms with E-state index < -0.39 is 0 Å². The summed E-state index contributed by atoms with van der Waals surface area (Å²) in [5.74, 6) is 2.08. The number of amides is 1. The third-order valence-corrected chi connectivity index (χ3v) is 5.86. The van der Waals surface area contributed by atoms with Gasteiger partial charge in [-0.15, -0.1) is 0 Å². The van der Waals surface area contributed by atoms with Crippen LogP contribution in [-0.4, -0.2) is 44.5 Å². The Morgan fingerprint density at radius 1 is 1.21 bits per heavy atom. The van der Waals surface area contributed by atoms with Crippen molar-refractivity contribution in [3.63, 3.8) is 0 Å². The molecule has 0 aliphatic heterocycles. The van der Waals surface area contributed by atoms with Crippen molar-refractivity contribution in [1.82, 2.24) is 24.4 Å². The van der Waals surface area contributed by atoms with Gasteiger partial charge in [0.15, 0.2) is 5.65 Å². The van der Waals surface area contributed by atoms with Crippen LogP contribution < -0.4 is 4.74 Å². The summed E-state index contributed by atoms with van der Waals surface area (Å²) in [5, 5.41) is 0. The summed E-state index contributed by atoms with van der Waals surface area (Å²) in [7, 11) is 1.67. The number of nitrogens with one attached hydrogen (secondary N) is 1. The first-order chi connectivity index (χ1) is 16.4. The molecule has 0 aliphatic carbocycles. The molecule has 0 atom stereocenters. The van der Waals surface area contributed by atoms with Crippen molar-refractivity contribution in [3.8, 4) is 5.75 Å². The second-order valence-electron chi connectivity index (χ2n) is 8.92. The van der Waals surface area contributed by atoms with Crippen molar-refractivity contribution in [2.24, 2.45) is 5.92 Å². The second-order valence-corrected chi connectivity index (χ2v) is 8.92. The molecular formula is C27H31N5O2. The summed E-state index contributed by atoms with van der Waals surface area (Å²) in [4.78, 5) is 26.1. The summed E-state index contributed by atoms with van der Waals surface area (Å²) in [6, 6.07) is 12.2. The van der Waals surface area contributed by atoms with Gasteiger partial charge in [0.25, 0.3) is 0 Å². The zero-order valence-corrected chi connectivity index (χ0v) is 20.4. The van der Waals surface area contributed by atoms with Crippen LogP contribution in [0.15, 0.2) is 55.0 Å². The van der Waals surface area contributed by atoms with E-state index >= 15 is 0 Å². The van der Waals surface area contributed by atoms with Gasteiger partial charge in [-0.1, -0.05) is 26.0 Å². The Hall–Kier alpha value is -3.87. The van der Waals surface area contributed by atoms with Crippen LogP contribution in [0.25, 0.3) is 16.7 Å². The second kappa shape index (κ2) is 9.95. The first kappa shape index (κ1) is 23.3. The minimum Gasteiger partial charge on any atom is -0.497 e. The molecule has 7 heteroatoms. The van der Waals surface area contributed by atoms with Crippen LogP contribution in [0.1, 0.15) is 42.1 Å². The normalized spacial score (nSPS) is 11.9. The molecular weight excluding hydrogens is 426 g/mol. The monoisotopic (exact) mass is 457 g/mol. The molecule has 4 rings (SSSR count). The zero-order chi connectivity index (χ0) is 24.2. The van der Waals surface area contributed by atoms with E-state index in [0.717, 1.165) is 51.5 Å². The zero-order valence-electron chi connectivity index (χ0n) is 20.4. The Balaban J connectivity index is 1.80. The van der Waals surface area contributed by atoms with Crippen LogP contribution in [0.2, 0.25) is 0 Å². The van der Waals surface area contributed by atoms with Gasteiger partial charge in [0.2, 0.25) is 6.41 Å². The molecule has 3 aromatic heterocycles. The first-order valence-corrected chi connectivity index (χ1v) is 11.4. The lowest BCUT2D eigenvalue weighted by Crippen LogP contribution is -2.21. The number of imidazole rings is 1. The number of pyridine rings is 1. The molecule has 0 aliphatic rings. The van der Waals surface area contributed by atoms with Gasteiger partial charge in [0, 0.05) is 54.1 Å². The largest absolute Gasteiger partial charge is 0.497 e. The van der Waals surface area contributed by atoms with Crippen LogP contribution in [0, 0.1) is 19.8 Å². The highest BCUT2D eigenvalue weighted by Gasteiger charge is 2.16. The lowest BCUT2D eigenvalue weighted by atomic mass is 10.00. The van der Waals surface area contributed by atoms with Crippen LogP contribution in [0.3, 0.4) is 0 Å². The van der Waals surface area contributed by atoms with Crippen molar-refractivity contribution in [3.05, 3.63) is 83.2 Å². The average Bonchev–Trinajstić information content (AvgIpc) is 3.39. The fourth-order valence-corrected chi connectivity index (χ4v) is 4.14. The highest BCUT2D eigenvalue weighted by molar-refractivity contribution is 5.85. The van der Waals surface area contributed by atoms with Gasteiger partial charge >= 0.3 is 0 Å². The van der Waals surface area contributed by atoms with E-state index in [0.29, 0.717) is 24.7 Å². The molecule has 34 heavy (non-hydrogen) atoms. The number of rotatable bonds is 9. The van der Waals surface area contributed by atoms with E-state index in [4.69, 9.17) is 4.74 Å². The minimum atomic E-state index is 0.351. The number of hydrogen-bond acceptors (Lipinski definition) is 4. The van der Waals surface area contributed by atoms with Crippen molar-refractivity contribution in [1.29, 1.82) is 0 Å². The Bertz CT molecular complexity index is 1310. The van der Waals surface area contributed by atoms with E-state index in [1.807, 2.05) is 50.6 Å². The van der Waals surface area contributed by atoms with Crippen LogP contribution in [0.5, 0.6) is 5.75 Å². The average molecular weight is 458 g/mol. The predicted octanol–water partition coefficient (Wildman–Crippen LogP) is 4.94. The highest BCUT2D eigenvalue weighted by Crippen LogP contribution is 2.29. The van der Waals surface area contributed by atoms with Gasteiger partial charge in [0.1, 0.15) is 11.6 Å². The third kappa shape index (κ3) is 4.88. The summed E-state index contributed by atoms with van der Waals surface area (Å²) >= 11 is 0. The van der Waals surface area contributed by atoms with Crippen molar-refractivity contribution in [2.75, 3.05) is 13.7 Å². The molecule has 0 bridgehead atoms. The summed E-state index contributed by atoms with van der Waals surface area (Å²) < 4.78 is 7.45. The predicted molar refractivity (Wildman–Crippen MR) is 135 cm³/mol. The van der Waals surface area contributed by atoms with Gasteiger partial charge in [0.05, 0.1) is 12.6 Å². The van der Waals surface area contributed by atoms with Crippen molar-refractivity contribution < 1.29 is 9.53 Å². The van der Waals surface area contributed by atoms with Gasteiger partial charge < -0.3 is 19.2 Å². The molecule has 1 N–H and O–H groups in total. The smallest absolute Gasteiger partial charge is 0.213 e. The molecule has 0 fully saturated rings. The van der Waals surface area contributed by atoms with Crippen molar-refractivity contribution >= 4 is 23.1 Å². The highest BCUT2D eigenvalue weighted by atomic mass is 16.5. The topological polar surface area (TPSA) is 76.0 Å². The molecule has 0 unspecified atom stereocenters. The molecule has 176 valence electrons. The maximum absolute atomic E-state index is 11.8. The van der Waals surface area contributed by atoms with Crippen molar-refractivity contribution in [2.45, 2.75) is 34.2 Å². The Morgan fingerprint density at radius 2 is 1.97 bits per heavy atom. The van der Waals surface area contributed by atoms with Gasteiger partial charge in [-0.3, -0.25) is 4.79 Å². The Kier molecular flexibility index (Phi) is 6.82. The molecule has 0 saturated carbocycles. The lowest BCUT2D eigenvalue weighted by Gasteiger charge is -2.18. The maximum atomic E-state index is 11.8. The lowest BCUT2D eigenvalue weighted by molar-refractivity contribution is -0.116. The number of ether oxygens (including phenoxy) is 1. The quantitative estimate of drug-likeness (QED) is 0.361. The number of aromatic amines is 1. The molecule has 7 nitrogen and oxygen atoms in total. The summed E-state index contributed by atoms with van der Waals surface area (Å²) in [6.45, 7) is 9.53. The Morgan fingerprint density at radius 3 is 2.59 bits per heavy atom. The van der Waals surface area contributed by atoms with Crippen LogP contribution in [0.4, 0.5) is 0 Å². The number of aryl methyl sites for hydroxylation is 2. The van der Waals surface area contributed by atoms with Crippen LogP contribution in [-0.2, 0) is 11.3 Å². The van der Waals surface area contributed by atoms with Crippen LogP contribution >= 0.6 is 0 Å². The first-order valence-electron chi connectivity index (χ1n) is 11.4. The summed E-state index contributed by atoms with van der Waals surface area (Å²) in [6.07, 6.45) is 6.55. The van der Waals surface area contributed by atoms with E-state index in [1.165, 1.54) is 0 Å². The van der Waals surface area contributed by atoms with E-state index in [1.54, 1.807) is 12.0 Å². The van der Waals surface area contributed by atoms with E-state index in [-0.39, 0.29) is 0 Å². The van der Waals surface area contributed by atoms with Gasteiger partial charge in [-0.25, -0.2) is 9.97 Å². The number of methoxy groups -OCH3 is 1. The van der Waals surface area contributed by atoms with Gasteiger partial charge in [-0.05, 0) is 49.6 Å². The molecule has 0 spiro atoms. The number of benzene rings is 1. The fraction of sp³-hybridized carbons (Fsp3) is 0.296. The molecule has 1 amide bonds. The summed E-state index contributed by atoms with van der Waals surface area (Å²) in [5.41, 5.74) is 6.74. The Labute approximate surface area is 200 Å². The number of aromatic nitrogens is 4. The number of hydrogen-bond donors (Lipinski definition) is 1. The standard InChI is InChI=1S/C27H31N5O2/c1-18(2)14-31(17-33)16-25(24-10-11-28-19(24)3)22-12-26-27(29-13-22)30-20(4)32(26)15-21-6-8-23(34-5)9-7-21/h6-13,16-18,28H,14-15H2,1-5H3/b25-16-. The minimum absolute atomic E-state index is 0.351. The number of nitrogens with zero attached hydrogens (tertiary/aromatic N) is 4. The van der Waals surface area contributed by atoms with Gasteiger partial charge in [-0.2, -0.15) is 0 Å². The molecule has 0 saturated heterocycles. The SMILES string of the molecule is COc1ccc(Cn2c(C)nc3ncc(/C(=C/N(C=O)CC(C)C)c4cc[nH]c4C)cc32)cc1.